The number of aliphatic imine (C=N–C) groups is 1. The highest BCUT2D eigenvalue weighted by molar-refractivity contribution is 6.01. The van der Waals surface area contributed by atoms with Gasteiger partial charge >= 0.3 is 0 Å². The van der Waals surface area contributed by atoms with E-state index >= 15 is 0 Å². The normalized spacial score (nSPS) is 13.4. The highest BCUT2D eigenvalue weighted by Gasteiger charge is 2.13. The average molecular weight is 457 g/mol. The number of aromatic nitrogens is 2. The molecule has 0 spiro atoms. The maximum atomic E-state index is 12.8. The Balaban J connectivity index is 0.00000228. The molecular weight excluding hydrogens is 436 g/mol. The minimum Gasteiger partial charge on any atom is -0.456 e. The molecule has 3 aromatic carbocycles. The van der Waals surface area contributed by atoms with Crippen LogP contribution >= 0.6 is 12.4 Å². The lowest BCUT2D eigenvalue weighted by Crippen LogP contribution is -2.30. The van der Waals surface area contributed by atoms with Crippen LogP contribution in [0.2, 0.25) is 0 Å². The van der Waals surface area contributed by atoms with Crippen molar-refractivity contribution >= 4 is 40.2 Å². The molecule has 6 rings (SSSR count). The van der Waals surface area contributed by atoms with Gasteiger partial charge in [0.1, 0.15) is 23.0 Å². The van der Waals surface area contributed by atoms with Crippen molar-refractivity contribution in [2.45, 2.75) is 6.42 Å². The molecule has 7 heteroatoms. The van der Waals surface area contributed by atoms with E-state index in [1.54, 1.807) is 6.07 Å². The predicted molar refractivity (Wildman–Crippen MR) is 134 cm³/mol. The maximum Gasteiger partial charge on any atom is 0.193 e. The van der Waals surface area contributed by atoms with Crippen LogP contribution in [0.15, 0.2) is 87.0 Å². The number of halogens is 1. The SMILES string of the molecule is Cl.O=c1cc(-c2ccccc2)oc2ccc(-c3nc4ccc(C5=NCCCN5)cc4[nH]3)cc12. The fraction of sp³-hybridized carbons (Fsp3) is 0.115. The highest BCUT2D eigenvalue weighted by atomic mass is 35.5. The molecule has 0 saturated carbocycles. The second-order valence-electron chi connectivity index (χ2n) is 7.88. The van der Waals surface area contributed by atoms with Crippen molar-refractivity contribution in [1.82, 2.24) is 15.3 Å². The summed E-state index contributed by atoms with van der Waals surface area (Å²) in [7, 11) is 0. The Morgan fingerprint density at radius 2 is 1.73 bits per heavy atom. The van der Waals surface area contributed by atoms with Gasteiger partial charge in [0.2, 0.25) is 0 Å². The minimum atomic E-state index is -0.0771. The van der Waals surface area contributed by atoms with Gasteiger partial charge < -0.3 is 14.7 Å². The topological polar surface area (TPSA) is 83.3 Å². The summed E-state index contributed by atoms with van der Waals surface area (Å²) in [5, 5.41) is 3.88. The van der Waals surface area contributed by atoms with Crippen LogP contribution in [-0.2, 0) is 0 Å². The first-order valence-electron chi connectivity index (χ1n) is 10.7. The third kappa shape index (κ3) is 3.90. The van der Waals surface area contributed by atoms with Crippen molar-refractivity contribution in [2.24, 2.45) is 4.99 Å². The number of benzene rings is 3. The first kappa shape index (κ1) is 21.0. The molecule has 0 unspecified atom stereocenters. The van der Waals surface area contributed by atoms with Gasteiger partial charge in [-0.2, -0.15) is 0 Å². The number of hydrogen-bond donors (Lipinski definition) is 2. The molecule has 164 valence electrons. The van der Waals surface area contributed by atoms with Crippen LogP contribution in [0.4, 0.5) is 0 Å². The number of hydrogen-bond acceptors (Lipinski definition) is 5. The van der Waals surface area contributed by atoms with E-state index in [9.17, 15) is 4.79 Å². The molecule has 2 N–H and O–H groups in total. The summed E-state index contributed by atoms with van der Waals surface area (Å²) < 4.78 is 6.01. The number of nitrogens with one attached hydrogen (secondary N) is 2. The van der Waals surface area contributed by atoms with E-state index in [0.29, 0.717) is 22.6 Å². The van der Waals surface area contributed by atoms with Crippen LogP contribution in [0.5, 0.6) is 0 Å². The average Bonchev–Trinajstić information content (AvgIpc) is 3.28. The Morgan fingerprint density at radius 3 is 2.55 bits per heavy atom. The number of amidine groups is 1. The molecule has 0 saturated heterocycles. The molecule has 0 fully saturated rings. The van der Waals surface area contributed by atoms with E-state index in [2.05, 4.69) is 21.4 Å². The standard InChI is InChI=1S/C26H20N4O2.ClH/c31-22-15-24(16-5-2-1-3-6-16)32-23-10-8-17(13-19(22)23)26-29-20-9-7-18(14-21(20)30-26)25-27-11-4-12-28-25;/h1-3,5-10,13-15H,4,11-12H2,(H,27,28)(H,29,30);1H. The molecule has 33 heavy (non-hydrogen) atoms. The fourth-order valence-corrected chi connectivity index (χ4v) is 4.07. The maximum absolute atomic E-state index is 12.8. The molecule has 1 aliphatic rings. The lowest BCUT2D eigenvalue weighted by atomic mass is 10.1. The molecule has 6 nitrogen and oxygen atoms in total. The van der Waals surface area contributed by atoms with E-state index in [4.69, 9.17) is 9.40 Å². The van der Waals surface area contributed by atoms with Crippen LogP contribution in [0, 0.1) is 0 Å². The third-order valence-corrected chi connectivity index (χ3v) is 5.71. The van der Waals surface area contributed by atoms with Crippen molar-refractivity contribution < 1.29 is 4.42 Å². The largest absolute Gasteiger partial charge is 0.456 e. The predicted octanol–water partition coefficient (Wildman–Crippen LogP) is 5.17. The number of fused-ring (bicyclic) bond motifs is 2. The molecule has 3 heterocycles. The molecule has 0 atom stereocenters. The van der Waals surface area contributed by atoms with Crippen molar-refractivity contribution in [3.05, 3.63) is 88.6 Å². The van der Waals surface area contributed by atoms with Crippen molar-refractivity contribution in [2.75, 3.05) is 13.1 Å². The Kier molecular flexibility index (Phi) is 5.44. The summed E-state index contributed by atoms with van der Waals surface area (Å²) in [4.78, 5) is 25.5. The Morgan fingerprint density at radius 1 is 0.879 bits per heavy atom. The summed E-state index contributed by atoms with van der Waals surface area (Å²) in [6.07, 6.45) is 1.06. The van der Waals surface area contributed by atoms with Gasteiger partial charge in [-0.3, -0.25) is 9.79 Å². The molecule has 5 aromatic rings. The van der Waals surface area contributed by atoms with Gasteiger partial charge in [-0.25, -0.2) is 4.98 Å². The van der Waals surface area contributed by atoms with Gasteiger partial charge in [-0.05, 0) is 42.8 Å². The zero-order valence-electron chi connectivity index (χ0n) is 17.7. The zero-order chi connectivity index (χ0) is 21.5. The van der Waals surface area contributed by atoms with Crippen molar-refractivity contribution in [1.29, 1.82) is 0 Å². The summed E-state index contributed by atoms with van der Waals surface area (Å²) in [5.41, 5.74) is 5.03. The Labute approximate surface area is 195 Å². The second kappa shape index (κ2) is 8.56. The van der Waals surface area contributed by atoms with Gasteiger partial charge in [-0.15, -0.1) is 12.4 Å². The summed E-state index contributed by atoms with van der Waals surface area (Å²) in [6, 6.07) is 22.9. The van der Waals surface area contributed by atoms with E-state index in [1.807, 2.05) is 60.7 Å². The number of imidazole rings is 1. The lowest BCUT2D eigenvalue weighted by molar-refractivity contribution is 0.619. The van der Waals surface area contributed by atoms with Crippen LogP contribution in [0.3, 0.4) is 0 Å². The Hall–Kier alpha value is -3.90. The first-order valence-corrected chi connectivity index (χ1v) is 10.7. The smallest absolute Gasteiger partial charge is 0.193 e. The lowest BCUT2D eigenvalue weighted by Gasteiger charge is -2.14. The fourth-order valence-electron chi connectivity index (χ4n) is 4.07. The molecule has 1 aliphatic heterocycles. The van der Waals surface area contributed by atoms with Gasteiger partial charge in [0.15, 0.2) is 5.43 Å². The molecule has 0 bridgehead atoms. The van der Waals surface area contributed by atoms with E-state index in [-0.39, 0.29) is 17.8 Å². The van der Waals surface area contributed by atoms with E-state index < -0.39 is 0 Å². The summed E-state index contributed by atoms with van der Waals surface area (Å²) >= 11 is 0. The molecular formula is C26H21ClN4O2. The molecule has 0 amide bonds. The van der Waals surface area contributed by atoms with Crippen LogP contribution in [0.1, 0.15) is 12.0 Å². The Bertz CT molecular complexity index is 1550. The molecule has 0 radical (unpaired) electrons. The van der Waals surface area contributed by atoms with Crippen LogP contribution < -0.4 is 10.7 Å². The van der Waals surface area contributed by atoms with Crippen LogP contribution in [0.25, 0.3) is 44.7 Å². The number of H-pyrrole nitrogens is 1. The van der Waals surface area contributed by atoms with Gasteiger partial charge in [0.25, 0.3) is 0 Å². The summed E-state index contributed by atoms with van der Waals surface area (Å²) in [5.74, 6) is 2.20. The minimum absolute atomic E-state index is 0. The molecule has 2 aromatic heterocycles. The van der Waals surface area contributed by atoms with E-state index in [1.165, 1.54) is 0 Å². The van der Waals surface area contributed by atoms with E-state index in [0.717, 1.165) is 53.1 Å². The second-order valence-corrected chi connectivity index (χ2v) is 7.88. The third-order valence-electron chi connectivity index (χ3n) is 5.71. The van der Waals surface area contributed by atoms with Gasteiger partial charge in [-0.1, -0.05) is 30.3 Å². The summed E-state index contributed by atoms with van der Waals surface area (Å²) in [6.45, 7) is 1.79. The molecule has 0 aliphatic carbocycles. The number of aromatic amines is 1. The number of nitrogens with zero attached hydrogens (tertiary/aromatic N) is 2. The first-order chi connectivity index (χ1) is 15.7. The van der Waals surface area contributed by atoms with Crippen molar-refractivity contribution in [3.63, 3.8) is 0 Å². The van der Waals surface area contributed by atoms with Crippen LogP contribution in [-0.4, -0.2) is 28.9 Å². The quantitative estimate of drug-likeness (QED) is 0.392. The monoisotopic (exact) mass is 456 g/mol. The number of rotatable bonds is 3. The van der Waals surface area contributed by atoms with Crippen molar-refractivity contribution in [3.8, 4) is 22.7 Å². The van der Waals surface area contributed by atoms with Gasteiger partial charge in [0, 0.05) is 35.8 Å². The zero-order valence-corrected chi connectivity index (χ0v) is 18.5. The highest BCUT2D eigenvalue weighted by Crippen LogP contribution is 2.27. The van der Waals surface area contributed by atoms with Gasteiger partial charge in [0.05, 0.1) is 16.4 Å².